The van der Waals surface area contributed by atoms with E-state index in [1.54, 1.807) is 0 Å². The van der Waals surface area contributed by atoms with Crippen LogP contribution in [0.25, 0.3) is 10.7 Å². The third kappa shape index (κ3) is 2.54. The number of rotatable bonds is 3. The van der Waals surface area contributed by atoms with E-state index in [1.807, 2.05) is 0 Å². The highest BCUT2D eigenvalue weighted by atomic mass is 35.5. The summed E-state index contributed by atoms with van der Waals surface area (Å²) in [5, 5.41) is 12.0. The molecule has 0 spiro atoms. The molecule has 1 aromatic carbocycles. The van der Waals surface area contributed by atoms with Crippen LogP contribution in [0.15, 0.2) is 17.5 Å². The molecule has 1 N–H and O–H groups in total. The Labute approximate surface area is 152 Å². The second kappa shape index (κ2) is 6.22. The smallest absolute Gasteiger partial charge is 0.270 e. The van der Waals surface area contributed by atoms with Gasteiger partial charge in [0, 0.05) is 5.38 Å². The van der Waals surface area contributed by atoms with E-state index < -0.39 is 32.1 Å². The lowest BCUT2D eigenvalue weighted by Crippen LogP contribution is -2.36. The fourth-order valence-corrected chi connectivity index (χ4v) is 5.07. The van der Waals surface area contributed by atoms with Crippen LogP contribution in [-0.2, 0) is 10.0 Å². The van der Waals surface area contributed by atoms with Gasteiger partial charge in [-0.2, -0.15) is 4.37 Å². The molecule has 2 aromatic rings. The number of terminal acetylenes is 1. The van der Waals surface area contributed by atoms with Crippen LogP contribution in [0.2, 0.25) is 5.02 Å². The van der Waals surface area contributed by atoms with Gasteiger partial charge in [0.05, 0.1) is 29.8 Å². The van der Waals surface area contributed by atoms with E-state index in [0.717, 1.165) is 21.9 Å². The van der Waals surface area contributed by atoms with E-state index in [1.165, 1.54) is 18.6 Å². The zero-order valence-corrected chi connectivity index (χ0v) is 15.0. The Morgan fingerprint density at radius 3 is 2.88 bits per heavy atom. The second-order valence-electron chi connectivity index (χ2n) is 4.88. The minimum Gasteiger partial charge on any atom is -0.506 e. The fourth-order valence-electron chi connectivity index (χ4n) is 2.48. The lowest BCUT2D eigenvalue weighted by atomic mass is 10.1. The average molecular weight is 401 g/mol. The quantitative estimate of drug-likeness (QED) is 0.801. The van der Waals surface area contributed by atoms with Gasteiger partial charge in [-0.05, 0) is 23.7 Å². The maximum atomic E-state index is 14.5. The van der Waals surface area contributed by atoms with Crippen molar-refractivity contribution in [3.05, 3.63) is 39.5 Å². The van der Waals surface area contributed by atoms with Crippen molar-refractivity contribution in [3.63, 3.8) is 0 Å². The van der Waals surface area contributed by atoms with Gasteiger partial charge >= 0.3 is 0 Å². The standard InChI is InChI=1S/C15H10ClFN2O4S2/c1-3-6-19-15-8(7-24-18-15)12(20)14(25(19,21)22)11-10(17)5-4-9(16)13(11)23-2/h1,4-5,7,20H,6H2,2H3. The summed E-state index contributed by atoms with van der Waals surface area (Å²) < 4.78 is 50.4. The predicted octanol–water partition coefficient (Wildman–Crippen LogP) is 3.11. The number of hydrogen-bond acceptors (Lipinski definition) is 6. The summed E-state index contributed by atoms with van der Waals surface area (Å²) in [6.07, 6.45) is 5.26. The van der Waals surface area contributed by atoms with Crippen molar-refractivity contribution in [3.8, 4) is 18.1 Å². The molecule has 0 bridgehead atoms. The van der Waals surface area contributed by atoms with Crippen molar-refractivity contribution in [2.24, 2.45) is 0 Å². The lowest BCUT2D eigenvalue weighted by Gasteiger charge is -2.28. The average Bonchev–Trinajstić information content (AvgIpc) is 3.04. The number of methoxy groups -OCH3 is 1. The SMILES string of the molecule is C#CCN1c2nscc2C(O)=C(c2c(F)ccc(Cl)c2OC)S1(=O)=O. The molecule has 25 heavy (non-hydrogen) atoms. The van der Waals surface area contributed by atoms with E-state index in [4.69, 9.17) is 22.8 Å². The zero-order chi connectivity index (χ0) is 18.4. The van der Waals surface area contributed by atoms with Crippen LogP contribution in [-0.4, -0.2) is 31.6 Å². The van der Waals surface area contributed by atoms with Gasteiger partial charge in [-0.3, -0.25) is 0 Å². The number of hydrogen-bond donors (Lipinski definition) is 1. The summed E-state index contributed by atoms with van der Waals surface area (Å²) >= 11 is 6.93. The summed E-state index contributed by atoms with van der Waals surface area (Å²) in [4.78, 5) is -0.674. The van der Waals surface area contributed by atoms with Gasteiger partial charge in [0.15, 0.2) is 5.82 Å². The lowest BCUT2D eigenvalue weighted by molar-refractivity contribution is 0.409. The first-order valence-corrected chi connectivity index (χ1v) is 9.36. The van der Waals surface area contributed by atoms with Crippen molar-refractivity contribution in [1.29, 1.82) is 0 Å². The summed E-state index contributed by atoms with van der Waals surface area (Å²) in [7, 11) is -3.18. The van der Waals surface area contributed by atoms with Crippen LogP contribution in [0.1, 0.15) is 11.1 Å². The highest BCUT2D eigenvalue weighted by Gasteiger charge is 2.42. The Morgan fingerprint density at radius 1 is 1.52 bits per heavy atom. The molecule has 6 nitrogen and oxygen atoms in total. The molecule has 0 amide bonds. The van der Waals surface area contributed by atoms with Crippen molar-refractivity contribution < 1.29 is 22.7 Å². The Balaban J connectivity index is 2.43. The molecule has 10 heteroatoms. The molecule has 0 atom stereocenters. The summed E-state index contributed by atoms with van der Waals surface area (Å²) in [6, 6.07) is 2.21. The number of fused-ring (bicyclic) bond motifs is 1. The first-order chi connectivity index (χ1) is 11.8. The summed E-state index contributed by atoms with van der Waals surface area (Å²) in [5.74, 6) is 0.443. The van der Waals surface area contributed by atoms with E-state index >= 15 is 0 Å². The molecular weight excluding hydrogens is 391 g/mol. The Kier molecular flexibility index (Phi) is 4.36. The van der Waals surface area contributed by atoms with Crippen molar-refractivity contribution in [2.45, 2.75) is 0 Å². The van der Waals surface area contributed by atoms with E-state index in [0.29, 0.717) is 0 Å². The van der Waals surface area contributed by atoms with Crippen LogP contribution in [0, 0.1) is 18.2 Å². The normalized spacial score (nSPS) is 15.7. The van der Waals surface area contributed by atoms with Gasteiger partial charge in [-0.15, -0.1) is 6.42 Å². The first kappa shape index (κ1) is 17.5. The number of sulfonamides is 1. The Morgan fingerprint density at radius 2 is 2.24 bits per heavy atom. The number of anilines is 1. The molecule has 130 valence electrons. The van der Waals surface area contributed by atoms with Gasteiger partial charge in [0.1, 0.15) is 22.2 Å². The Bertz CT molecular complexity index is 1040. The third-order valence-corrected chi connectivity index (χ3v) is 6.24. The van der Waals surface area contributed by atoms with Crippen LogP contribution >= 0.6 is 23.1 Å². The number of ether oxygens (including phenoxy) is 1. The molecule has 1 aromatic heterocycles. The molecule has 0 radical (unpaired) electrons. The van der Waals surface area contributed by atoms with Crippen molar-refractivity contribution in [1.82, 2.24) is 4.37 Å². The molecule has 1 aliphatic heterocycles. The molecule has 0 saturated heterocycles. The molecule has 0 aliphatic carbocycles. The molecular formula is C15H10ClFN2O4S2. The van der Waals surface area contributed by atoms with E-state index in [-0.39, 0.29) is 28.7 Å². The minimum absolute atomic E-state index is 0.00728. The summed E-state index contributed by atoms with van der Waals surface area (Å²) in [5.41, 5.74) is -0.335. The molecule has 3 rings (SSSR count). The Hall–Kier alpha value is -2.28. The largest absolute Gasteiger partial charge is 0.506 e. The fraction of sp³-hybridized carbons (Fsp3) is 0.133. The molecule has 1 aliphatic rings. The number of aliphatic hydroxyl groups is 1. The number of halogens is 2. The third-order valence-electron chi connectivity index (χ3n) is 3.53. The van der Waals surface area contributed by atoms with Crippen LogP contribution in [0.4, 0.5) is 10.2 Å². The van der Waals surface area contributed by atoms with Gasteiger partial charge in [0.25, 0.3) is 10.0 Å². The monoisotopic (exact) mass is 400 g/mol. The van der Waals surface area contributed by atoms with Crippen molar-refractivity contribution in [2.75, 3.05) is 18.0 Å². The topological polar surface area (TPSA) is 79.7 Å². The maximum absolute atomic E-state index is 14.5. The minimum atomic E-state index is -4.40. The van der Waals surface area contributed by atoms with Crippen LogP contribution < -0.4 is 9.04 Å². The maximum Gasteiger partial charge on any atom is 0.270 e. The number of aliphatic hydroxyl groups excluding tert-OH is 1. The molecule has 2 heterocycles. The van der Waals surface area contributed by atoms with Crippen molar-refractivity contribution >= 4 is 49.6 Å². The summed E-state index contributed by atoms with van der Waals surface area (Å²) in [6.45, 7) is -0.333. The van der Waals surface area contributed by atoms with E-state index in [2.05, 4.69) is 10.3 Å². The highest BCUT2D eigenvalue weighted by Crippen LogP contribution is 2.47. The first-order valence-electron chi connectivity index (χ1n) is 6.71. The van der Waals surface area contributed by atoms with Crippen LogP contribution in [0.3, 0.4) is 0 Å². The van der Waals surface area contributed by atoms with E-state index in [9.17, 15) is 17.9 Å². The highest BCUT2D eigenvalue weighted by molar-refractivity contribution is 8.02. The number of nitrogens with zero attached hydrogens (tertiary/aromatic N) is 2. The second-order valence-corrected chi connectivity index (χ2v) is 7.72. The predicted molar refractivity (Wildman–Crippen MR) is 94.6 cm³/mol. The van der Waals surface area contributed by atoms with Gasteiger partial charge < -0.3 is 9.84 Å². The number of aromatic nitrogens is 1. The zero-order valence-electron chi connectivity index (χ0n) is 12.7. The van der Waals surface area contributed by atoms with Crippen LogP contribution in [0.5, 0.6) is 5.75 Å². The molecule has 0 fully saturated rings. The van der Waals surface area contributed by atoms with Gasteiger partial charge in [-0.1, -0.05) is 17.5 Å². The van der Waals surface area contributed by atoms with Gasteiger partial charge in [0.2, 0.25) is 0 Å². The molecule has 0 saturated carbocycles. The number of benzene rings is 1. The van der Waals surface area contributed by atoms with Gasteiger partial charge in [-0.25, -0.2) is 17.1 Å². The molecule has 0 unspecified atom stereocenters.